The quantitative estimate of drug-likeness (QED) is 0.462. The molecule has 1 atom stereocenters. The number of hydrogen-bond donors (Lipinski definition) is 2. The number of benzene rings is 1. The van der Waals surface area contributed by atoms with E-state index in [1.54, 1.807) is 7.05 Å². The second-order valence-corrected chi connectivity index (χ2v) is 7.92. The molecule has 0 aromatic heterocycles. The van der Waals surface area contributed by atoms with Crippen molar-refractivity contribution in [1.82, 2.24) is 10.2 Å². The third kappa shape index (κ3) is 6.25. The first-order valence-electron chi connectivity index (χ1n) is 10.6. The number of aldehydes is 1. The largest absolute Gasteiger partial charge is 0.494 e. The van der Waals surface area contributed by atoms with E-state index < -0.39 is 17.8 Å². The van der Waals surface area contributed by atoms with Gasteiger partial charge in [0.25, 0.3) is 0 Å². The first kappa shape index (κ1) is 22.7. The standard InChI is InChI=1S/C13H16O2.C9H16N2O4/c14-9-1-2-10-15-13-7-5-12(6-8-13)11-3-4-11;1-10-6-11-5-9(14-2-3-15-9)4-7(11)8(12)13/h5-9,11H,1-4,10H2;7,10H,2-6H2,1H3,(H,12,13). The van der Waals surface area contributed by atoms with Crippen molar-refractivity contribution in [3.63, 3.8) is 0 Å². The molecule has 2 heterocycles. The Labute approximate surface area is 177 Å². The normalized spacial score (nSPS) is 22.5. The van der Waals surface area contributed by atoms with Gasteiger partial charge in [-0.1, -0.05) is 12.1 Å². The van der Waals surface area contributed by atoms with E-state index in [1.807, 2.05) is 17.0 Å². The van der Waals surface area contributed by atoms with E-state index in [-0.39, 0.29) is 0 Å². The topological polar surface area (TPSA) is 97.3 Å². The summed E-state index contributed by atoms with van der Waals surface area (Å²) >= 11 is 0. The van der Waals surface area contributed by atoms with Crippen molar-refractivity contribution in [1.29, 1.82) is 0 Å². The summed E-state index contributed by atoms with van der Waals surface area (Å²) in [6, 6.07) is 7.82. The van der Waals surface area contributed by atoms with Crippen molar-refractivity contribution in [3.8, 4) is 5.75 Å². The molecule has 3 fully saturated rings. The van der Waals surface area contributed by atoms with Gasteiger partial charge in [-0.3, -0.25) is 9.69 Å². The number of hydrogen-bond acceptors (Lipinski definition) is 7. The lowest BCUT2D eigenvalue weighted by Crippen LogP contribution is -2.41. The predicted molar refractivity (Wildman–Crippen MR) is 111 cm³/mol. The summed E-state index contributed by atoms with van der Waals surface area (Å²) < 4.78 is 16.5. The first-order chi connectivity index (χ1) is 14.6. The predicted octanol–water partition coefficient (Wildman–Crippen LogP) is 1.99. The average molecular weight is 421 g/mol. The highest BCUT2D eigenvalue weighted by atomic mass is 16.7. The van der Waals surface area contributed by atoms with E-state index in [0.29, 0.717) is 45.9 Å². The van der Waals surface area contributed by atoms with Crippen LogP contribution in [-0.2, 0) is 19.1 Å². The molecule has 4 rings (SSSR count). The van der Waals surface area contributed by atoms with E-state index in [1.165, 1.54) is 18.4 Å². The minimum atomic E-state index is -0.818. The van der Waals surface area contributed by atoms with Gasteiger partial charge in [-0.2, -0.15) is 0 Å². The van der Waals surface area contributed by atoms with Gasteiger partial charge < -0.3 is 29.4 Å². The Morgan fingerprint density at radius 2 is 2.00 bits per heavy atom. The number of carboxylic acid groups (broad SMARTS) is 1. The van der Waals surface area contributed by atoms with Gasteiger partial charge >= 0.3 is 5.97 Å². The van der Waals surface area contributed by atoms with Gasteiger partial charge in [0.15, 0.2) is 5.79 Å². The van der Waals surface area contributed by atoms with Crippen LogP contribution in [0.25, 0.3) is 0 Å². The fraction of sp³-hybridized carbons (Fsp3) is 0.636. The zero-order chi connectivity index (χ0) is 21.4. The van der Waals surface area contributed by atoms with Gasteiger partial charge in [0.1, 0.15) is 18.1 Å². The van der Waals surface area contributed by atoms with Crippen LogP contribution in [0.3, 0.4) is 0 Å². The molecule has 0 bridgehead atoms. The van der Waals surface area contributed by atoms with Gasteiger partial charge in [-0.05, 0) is 49.9 Å². The van der Waals surface area contributed by atoms with Crippen LogP contribution in [-0.4, -0.2) is 74.2 Å². The van der Waals surface area contributed by atoms with E-state index in [9.17, 15) is 9.59 Å². The zero-order valence-corrected chi connectivity index (χ0v) is 17.5. The van der Waals surface area contributed by atoms with Gasteiger partial charge in [0.05, 0.1) is 26.4 Å². The molecule has 30 heavy (non-hydrogen) atoms. The van der Waals surface area contributed by atoms with Gasteiger partial charge in [0.2, 0.25) is 0 Å². The van der Waals surface area contributed by atoms with E-state index >= 15 is 0 Å². The number of nitrogens with zero attached hydrogens (tertiary/aromatic N) is 1. The molecule has 1 aromatic carbocycles. The van der Waals surface area contributed by atoms with Crippen LogP contribution >= 0.6 is 0 Å². The summed E-state index contributed by atoms with van der Waals surface area (Å²) in [7, 11) is 1.79. The van der Waals surface area contributed by atoms with Crippen molar-refractivity contribution in [2.24, 2.45) is 0 Å². The molecule has 166 valence electrons. The number of unbranched alkanes of at least 4 members (excludes halogenated alkanes) is 1. The van der Waals surface area contributed by atoms with Crippen LogP contribution in [0.5, 0.6) is 5.75 Å². The van der Waals surface area contributed by atoms with Crippen LogP contribution in [0.1, 0.15) is 43.6 Å². The fourth-order valence-corrected chi connectivity index (χ4v) is 3.84. The molecular formula is C22H32N2O6. The summed E-state index contributed by atoms with van der Waals surface area (Å²) in [4.78, 5) is 23.0. The summed E-state index contributed by atoms with van der Waals surface area (Å²) in [6.07, 6.45) is 5.39. The van der Waals surface area contributed by atoms with Crippen LogP contribution < -0.4 is 10.1 Å². The van der Waals surface area contributed by atoms with Crippen molar-refractivity contribution in [2.45, 2.75) is 49.9 Å². The molecule has 1 unspecified atom stereocenters. The lowest BCUT2D eigenvalue weighted by atomic mass is 10.1. The number of aliphatic carboxylic acids is 1. The van der Waals surface area contributed by atoms with E-state index in [0.717, 1.165) is 24.4 Å². The monoisotopic (exact) mass is 420 g/mol. The highest BCUT2D eigenvalue weighted by Crippen LogP contribution is 2.40. The van der Waals surface area contributed by atoms with Crippen molar-refractivity contribution in [2.75, 3.05) is 40.1 Å². The molecule has 1 spiro atoms. The van der Waals surface area contributed by atoms with Crippen LogP contribution in [0, 0.1) is 0 Å². The molecule has 2 aliphatic heterocycles. The lowest BCUT2D eigenvalue weighted by Gasteiger charge is -2.22. The Balaban J connectivity index is 0.000000171. The molecule has 3 aliphatic rings. The number of carbonyl (C=O) groups excluding carboxylic acids is 1. The van der Waals surface area contributed by atoms with Gasteiger partial charge in [0, 0.05) is 19.5 Å². The molecule has 1 saturated carbocycles. The maximum absolute atomic E-state index is 11.0. The SMILES string of the molecule is CNCN1CC2(CC1C(=O)O)OCCO2.O=CCCCOc1ccc(C2CC2)cc1. The number of likely N-dealkylation sites (tertiary alicyclic amines) is 1. The number of ether oxygens (including phenoxy) is 3. The number of carbonyl (C=O) groups is 2. The number of carboxylic acids is 1. The van der Waals surface area contributed by atoms with Crippen molar-refractivity contribution >= 4 is 12.3 Å². The summed E-state index contributed by atoms with van der Waals surface area (Å²) in [5.41, 5.74) is 1.43. The number of nitrogens with one attached hydrogen (secondary N) is 1. The maximum atomic E-state index is 11.0. The van der Waals surface area contributed by atoms with Crippen molar-refractivity contribution < 1.29 is 28.9 Å². The first-order valence-corrected chi connectivity index (χ1v) is 10.6. The maximum Gasteiger partial charge on any atom is 0.321 e. The molecular weight excluding hydrogens is 388 g/mol. The van der Waals surface area contributed by atoms with Crippen LogP contribution in [0.15, 0.2) is 24.3 Å². The Kier molecular flexibility index (Phi) is 8.21. The molecule has 8 nitrogen and oxygen atoms in total. The second kappa shape index (κ2) is 10.9. The highest BCUT2D eigenvalue weighted by molar-refractivity contribution is 5.74. The molecule has 2 saturated heterocycles. The Morgan fingerprint density at radius 3 is 2.57 bits per heavy atom. The Hall–Kier alpha value is -2.00. The molecule has 0 amide bonds. The van der Waals surface area contributed by atoms with Gasteiger partial charge in [-0.15, -0.1) is 0 Å². The minimum absolute atomic E-state index is 0.407. The summed E-state index contributed by atoms with van der Waals surface area (Å²) in [5, 5.41) is 12.0. The Bertz CT molecular complexity index is 685. The van der Waals surface area contributed by atoms with Crippen LogP contribution in [0.4, 0.5) is 0 Å². The zero-order valence-electron chi connectivity index (χ0n) is 17.5. The molecule has 8 heteroatoms. The molecule has 1 aliphatic carbocycles. The highest BCUT2D eigenvalue weighted by Gasteiger charge is 2.50. The minimum Gasteiger partial charge on any atom is -0.494 e. The van der Waals surface area contributed by atoms with Crippen LogP contribution in [0.2, 0.25) is 0 Å². The van der Waals surface area contributed by atoms with E-state index in [2.05, 4.69) is 17.4 Å². The Morgan fingerprint density at radius 1 is 1.30 bits per heavy atom. The average Bonchev–Trinajstić information content (AvgIpc) is 3.40. The van der Waals surface area contributed by atoms with E-state index in [4.69, 9.17) is 19.3 Å². The third-order valence-corrected chi connectivity index (χ3v) is 5.51. The summed E-state index contributed by atoms with van der Waals surface area (Å²) in [5.74, 6) is 0.209. The molecule has 2 N–H and O–H groups in total. The molecule has 1 aromatic rings. The smallest absolute Gasteiger partial charge is 0.321 e. The van der Waals surface area contributed by atoms with Gasteiger partial charge in [-0.25, -0.2) is 0 Å². The fourth-order valence-electron chi connectivity index (χ4n) is 3.84. The van der Waals surface area contributed by atoms with Crippen molar-refractivity contribution in [3.05, 3.63) is 29.8 Å². The summed E-state index contributed by atoms with van der Waals surface area (Å²) in [6.45, 7) is 2.79. The number of rotatable bonds is 9. The molecule has 0 radical (unpaired) electrons. The third-order valence-electron chi connectivity index (χ3n) is 5.51. The lowest BCUT2D eigenvalue weighted by molar-refractivity contribution is -0.150. The second-order valence-electron chi connectivity index (χ2n) is 7.92.